The highest BCUT2D eigenvalue weighted by molar-refractivity contribution is 5.64. The number of aliphatic hydroxyl groups excluding tert-OH is 3. The second kappa shape index (κ2) is 9.84. The average molecular weight is 435 g/mol. The van der Waals surface area contributed by atoms with E-state index in [9.17, 15) is 15.3 Å². The normalized spacial score (nSPS) is 23.2. The second-order valence-electron chi connectivity index (χ2n) is 8.44. The number of hydrogen-bond donors (Lipinski definition) is 3. The molecule has 0 aromatic heterocycles. The molecule has 0 aliphatic carbocycles. The second-order valence-corrected chi connectivity index (χ2v) is 8.44. The first-order valence-corrected chi connectivity index (χ1v) is 10.9. The molecule has 168 valence electrons. The Labute approximate surface area is 188 Å². The van der Waals surface area contributed by atoms with Crippen molar-refractivity contribution in [3.63, 3.8) is 0 Å². The fourth-order valence-electron chi connectivity index (χ4n) is 4.22. The first kappa shape index (κ1) is 22.5. The monoisotopic (exact) mass is 434 g/mol. The van der Waals surface area contributed by atoms with Gasteiger partial charge < -0.3 is 24.8 Å². The molecule has 1 saturated heterocycles. The topological polar surface area (TPSA) is 79.2 Å². The van der Waals surface area contributed by atoms with E-state index in [1.54, 1.807) is 7.11 Å². The third-order valence-corrected chi connectivity index (χ3v) is 6.23. The van der Waals surface area contributed by atoms with E-state index in [0.29, 0.717) is 0 Å². The van der Waals surface area contributed by atoms with E-state index in [2.05, 4.69) is 31.2 Å². The summed E-state index contributed by atoms with van der Waals surface area (Å²) in [5.74, 6) is 0.839. The molecule has 1 fully saturated rings. The molecule has 1 aliphatic heterocycles. The molecule has 1 heterocycles. The Balaban J connectivity index is 1.53. The molecule has 32 heavy (non-hydrogen) atoms. The highest BCUT2D eigenvalue weighted by Crippen LogP contribution is 2.33. The smallest absolute Gasteiger partial charge is 0.118 e. The quantitative estimate of drug-likeness (QED) is 0.550. The van der Waals surface area contributed by atoms with Crippen LogP contribution in [0.4, 0.5) is 0 Å². The summed E-state index contributed by atoms with van der Waals surface area (Å²) in [5, 5.41) is 30.1. The van der Waals surface area contributed by atoms with Gasteiger partial charge in [-0.1, -0.05) is 54.6 Å². The van der Waals surface area contributed by atoms with Crippen molar-refractivity contribution in [1.29, 1.82) is 0 Å². The van der Waals surface area contributed by atoms with Gasteiger partial charge in [-0.3, -0.25) is 0 Å². The number of methoxy groups -OCH3 is 1. The Morgan fingerprint density at radius 1 is 0.938 bits per heavy atom. The van der Waals surface area contributed by atoms with E-state index in [-0.39, 0.29) is 13.0 Å². The molecule has 3 aromatic rings. The van der Waals surface area contributed by atoms with Crippen molar-refractivity contribution in [1.82, 2.24) is 0 Å². The molecule has 0 amide bonds. The predicted octanol–water partition coefficient (Wildman–Crippen LogP) is 3.81. The SMILES string of the molecule is COc1ccc(-c2ccc(Cc3cc(C4OC(CO)CC(O)C4O)ccc3C)cc2)cc1. The van der Waals surface area contributed by atoms with Gasteiger partial charge in [-0.2, -0.15) is 0 Å². The van der Waals surface area contributed by atoms with Gasteiger partial charge in [0, 0.05) is 6.42 Å². The minimum atomic E-state index is -1.02. The molecule has 5 nitrogen and oxygen atoms in total. The highest BCUT2D eigenvalue weighted by Gasteiger charge is 2.37. The highest BCUT2D eigenvalue weighted by atomic mass is 16.5. The van der Waals surface area contributed by atoms with Crippen molar-refractivity contribution in [3.8, 4) is 16.9 Å². The van der Waals surface area contributed by atoms with Crippen molar-refractivity contribution in [2.75, 3.05) is 13.7 Å². The number of rotatable bonds is 6. The van der Waals surface area contributed by atoms with Gasteiger partial charge in [-0.25, -0.2) is 0 Å². The summed E-state index contributed by atoms with van der Waals surface area (Å²) in [6, 6.07) is 22.5. The summed E-state index contributed by atoms with van der Waals surface area (Å²) in [6.45, 7) is 1.88. The third kappa shape index (κ3) is 4.87. The molecule has 0 spiro atoms. The zero-order valence-electron chi connectivity index (χ0n) is 18.4. The van der Waals surface area contributed by atoms with E-state index in [1.807, 2.05) is 42.5 Å². The van der Waals surface area contributed by atoms with Crippen molar-refractivity contribution >= 4 is 0 Å². The van der Waals surface area contributed by atoms with Gasteiger partial charge in [0.25, 0.3) is 0 Å². The summed E-state index contributed by atoms with van der Waals surface area (Å²) in [6.07, 6.45) is -2.09. The van der Waals surface area contributed by atoms with Crippen LogP contribution in [-0.4, -0.2) is 47.3 Å². The lowest BCUT2D eigenvalue weighted by molar-refractivity contribution is -0.179. The van der Waals surface area contributed by atoms with Gasteiger partial charge in [0.2, 0.25) is 0 Å². The van der Waals surface area contributed by atoms with Crippen molar-refractivity contribution < 1.29 is 24.8 Å². The van der Waals surface area contributed by atoms with E-state index in [0.717, 1.165) is 40.0 Å². The molecule has 4 rings (SSSR count). The van der Waals surface area contributed by atoms with Crippen LogP contribution in [0, 0.1) is 6.92 Å². The van der Waals surface area contributed by atoms with Gasteiger partial charge in [0.1, 0.15) is 18.0 Å². The standard InChI is InChI=1S/C27H30O5/c1-17-3-6-21(27-26(30)25(29)15-24(16-28)32-27)14-22(17)13-18-4-7-19(8-5-18)20-9-11-23(31-2)12-10-20/h3-12,14,24-30H,13,15-16H2,1-2H3. The van der Waals surface area contributed by atoms with Crippen LogP contribution in [0.1, 0.15) is 34.8 Å². The van der Waals surface area contributed by atoms with Crippen molar-refractivity contribution in [2.45, 2.75) is 44.2 Å². The zero-order valence-corrected chi connectivity index (χ0v) is 18.4. The number of aliphatic hydroxyl groups is 3. The minimum Gasteiger partial charge on any atom is -0.497 e. The lowest BCUT2D eigenvalue weighted by Crippen LogP contribution is -2.44. The Hall–Kier alpha value is -2.70. The largest absolute Gasteiger partial charge is 0.497 e. The molecule has 0 radical (unpaired) electrons. The van der Waals surface area contributed by atoms with Crippen LogP contribution in [0.5, 0.6) is 5.75 Å². The van der Waals surface area contributed by atoms with E-state index < -0.39 is 24.4 Å². The lowest BCUT2D eigenvalue weighted by atomic mass is 9.90. The molecule has 1 aliphatic rings. The molecule has 0 bridgehead atoms. The van der Waals surface area contributed by atoms with Gasteiger partial charge in [0.15, 0.2) is 0 Å². The van der Waals surface area contributed by atoms with Crippen LogP contribution >= 0.6 is 0 Å². The Bertz CT molecular complexity index is 1030. The predicted molar refractivity (Wildman–Crippen MR) is 124 cm³/mol. The number of benzene rings is 3. The van der Waals surface area contributed by atoms with Crippen LogP contribution < -0.4 is 4.74 Å². The zero-order chi connectivity index (χ0) is 22.7. The lowest BCUT2D eigenvalue weighted by Gasteiger charge is -2.37. The maximum Gasteiger partial charge on any atom is 0.118 e. The van der Waals surface area contributed by atoms with Crippen LogP contribution in [0.2, 0.25) is 0 Å². The van der Waals surface area contributed by atoms with Gasteiger partial charge >= 0.3 is 0 Å². The molecule has 4 unspecified atom stereocenters. The van der Waals surface area contributed by atoms with E-state index >= 15 is 0 Å². The summed E-state index contributed by atoms with van der Waals surface area (Å²) in [5.41, 5.74) is 6.56. The molecular formula is C27H30O5. The fraction of sp³-hybridized carbons (Fsp3) is 0.333. The third-order valence-electron chi connectivity index (χ3n) is 6.23. The molecular weight excluding hydrogens is 404 g/mol. The molecule has 4 atom stereocenters. The molecule has 5 heteroatoms. The van der Waals surface area contributed by atoms with Crippen LogP contribution in [0.3, 0.4) is 0 Å². The summed E-state index contributed by atoms with van der Waals surface area (Å²) >= 11 is 0. The Morgan fingerprint density at radius 3 is 2.22 bits per heavy atom. The average Bonchev–Trinajstić information content (AvgIpc) is 2.83. The van der Waals surface area contributed by atoms with E-state index in [4.69, 9.17) is 9.47 Å². The van der Waals surface area contributed by atoms with Crippen LogP contribution in [-0.2, 0) is 11.2 Å². The van der Waals surface area contributed by atoms with Gasteiger partial charge in [0.05, 0.1) is 25.9 Å². The fourth-order valence-corrected chi connectivity index (χ4v) is 4.22. The first-order chi connectivity index (χ1) is 15.5. The number of hydrogen-bond acceptors (Lipinski definition) is 5. The number of aryl methyl sites for hydroxylation is 1. The maximum absolute atomic E-state index is 10.5. The summed E-state index contributed by atoms with van der Waals surface area (Å²) < 4.78 is 11.1. The van der Waals surface area contributed by atoms with Crippen LogP contribution in [0.15, 0.2) is 66.7 Å². The van der Waals surface area contributed by atoms with Gasteiger partial charge in [-0.05, 0) is 58.9 Å². The summed E-state index contributed by atoms with van der Waals surface area (Å²) in [4.78, 5) is 0. The van der Waals surface area contributed by atoms with Crippen LogP contribution in [0.25, 0.3) is 11.1 Å². The first-order valence-electron chi connectivity index (χ1n) is 10.9. The Kier molecular flexibility index (Phi) is 6.92. The number of ether oxygens (including phenoxy) is 2. The maximum atomic E-state index is 10.5. The van der Waals surface area contributed by atoms with Crippen molar-refractivity contribution in [2.24, 2.45) is 0 Å². The molecule has 3 aromatic carbocycles. The van der Waals surface area contributed by atoms with E-state index in [1.165, 1.54) is 5.56 Å². The Morgan fingerprint density at radius 2 is 1.59 bits per heavy atom. The van der Waals surface area contributed by atoms with Gasteiger partial charge in [-0.15, -0.1) is 0 Å². The minimum absolute atomic E-state index is 0.181. The molecule has 3 N–H and O–H groups in total. The van der Waals surface area contributed by atoms with Crippen molar-refractivity contribution in [3.05, 3.63) is 89.0 Å². The summed E-state index contributed by atoms with van der Waals surface area (Å²) in [7, 11) is 1.66. The molecule has 0 saturated carbocycles.